The molecule has 19 heavy (non-hydrogen) atoms. The van der Waals surface area contributed by atoms with Crippen molar-refractivity contribution in [3.63, 3.8) is 0 Å². The number of hydrogen-bond donors (Lipinski definition) is 2. The average Bonchev–Trinajstić information content (AvgIpc) is 3.11. The number of carbonyl (C=O) groups excluding carboxylic acids is 1. The number of rotatable bonds is 5. The van der Waals surface area contributed by atoms with Crippen molar-refractivity contribution in [1.82, 2.24) is 0 Å². The molecule has 0 heterocycles. The van der Waals surface area contributed by atoms with Gasteiger partial charge in [0.05, 0.1) is 0 Å². The Morgan fingerprint density at radius 2 is 1.95 bits per heavy atom. The molecule has 0 aliphatic heterocycles. The summed E-state index contributed by atoms with van der Waals surface area (Å²) >= 11 is 0. The Balaban J connectivity index is 0.00000180. The molecule has 4 heteroatoms. The number of halogens is 1. The van der Waals surface area contributed by atoms with E-state index in [4.69, 9.17) is 5.73 Å². The van der Waals surface area contributed by atoms with E-state index in [1.807, 2.05) is 31.2 Å². The normalized spacial score (nSPS) is 17.2. The number of carbonyl (C=O) groups is 1. The van der Waals surface area contributed by atoms with E-state index in [9.17, 15) is 4.79 Å². The van der Waals surface area contributed by atoms with Crippen LogP contribution in [0.5, 0.6) is 0 Å². The van der Waals surface area contributed by atoms with E-state index >= 15 is 0 Å². The Bertz CT molecular complexity index is 424. The summed E-state index contributed by atoms with van der Waals surface area (Å²) in [5, 5.41) is 3.02. The molecule has 1 aromatic rings. The van der Waals surface area contributed by atoms with Crippen LogP contribution < -0.4 is 11.1 Å². The quantitative estimate of drug-likeness (QED) is 0.866. The lowest BCUT2D eigenvalue weighted by Gasteiger charge is -2.14. The van der Waals surface area contributed by atoms with E-state index in [-0.39, 0.29) is 29.8 Å². The second-order valence-corrected chi connectivity index (χ2v) is 5.40. The third-order valence-electron chi connectivity index (χ3n) is 3.76. The fourth-order valence-electron chi connectivity index (χ4n) is 2.35. The molecule has 0 aromatic heterocycles. The van der Waals surface area contributed by atoms with E-state index in [1.54, 1.807) is 0 Å². The van der Waals surface area contributed by atoms with Crippen LogP contribution in [0.25, 0.3) is 0 Å². The molecule has 106 valence electrons. The molecule has 1 atom stereocenters. The SMILES string of the molecule is CCCC1(C(=O)Nc2ccc(C(C)N)cc2)CC1.Cl. The number of amides is 1. The smallest absolute Gasteiger partial charge is 0.230 e. The number of anilines is 1. The summed E-state index contributed by atoms with van der Waals surface area (Å²) in [7, 11) is 0. The standard InChI is InChI=1S/C15H22N2O.ClH/c1-3-8-15(9-10-15)14(18)17-13-6-4-12(5-7-13)11(2)16;/h4-7,11H,3,8-10,16H2,1-2H3,(H,17,18);1H. The Kier molecular flexibility index (Phi) is 5.39. The average molecular weight is 283 g/mol. The first-order chi connectivity index (χ1) is 8.57. The van der Waals surface area contributed by atoms with Crippen LogP contribution in [0.4, 0.5) is 5.69 Å². The Hall–Kier alpha value is -1.06. The van der Waals surface area contributed by atoms with Crippen LogP contribution in [-0.2, 0) is 4.79 Å². The van der Waals surface area contributed by atoms with Gasteiger partial charge in [-0.1, -0.05) is 25.5 Å². The van der Waals surface area contributed by atoms with Gasteiger partial charge >= 0.3 is 0 Å². The first-order valence-electron chi connectivity index (χ1n) is 6.74. The van der Waals surface area contributed by atoms with Crippen LogP contribution >= 0.6 is 12.4 Å². The van der Waals surface area contributed by atoms with Crippen LogP contribution in [0.15, 0.2) is 24.3 Å². The molecule has 1 amide bonds. The highest BCUT2D eigenvalue weighted by Crippen LogP contribution is 2.50. The third kappa shape index (κ3) is 3.71. The fraction of sp³-hybridized carbons (Fsp3) is 0.533. The van der Waals surface area contributed by atoms with Crippen LogP contribution in [0.2, 0.25) is 0 Å². The second-order valence-electron chi connectivity index (χ2n) is 5.40. The fourth-order valence-corrected chi connectivity index (χ4v) is 2.35. The van der Waals surface area contributed by atoms with Crippen molar-refractivity contribution < 1.29 is 4.79 Å². The second kappa shape index (κ2) is 6.40. The molecule has 0 saturated heterocycles. The lowest BCUT2D eigenvalue weighted by atomic mass is 9.99. The van der Waals surface area contributed by atoms with Crippen molar-refractivity contribution in [3.05, 3.63) is 29.8 Å². The molecule has 0 spiro atoms. The summed E-state index contributed by atoms with van der Waals surface area (Å²) in [6.45, 7) is 4.08. The molecular weight excluding hydrogens is 260 g/mol. The van der Waals surface area contributed by atoms with Crippen molar-refractivity contribution >= 4 is 24.0 Å². The van der Waals surface area contributed by atoms with Crippen molar-refractivity contribution in [3.8, 4) is 0 Å². The predicted octanol–water partition coefficient (Wildman–Crippen LogP) is 3.65. The predicted molar refractivity (Wildman–Crippen MR) is 81.5 cm³/mol. The van der Waals surface area contributed by atoms with E-state index < -0.39 is 0 Å². The number of nitrogens with one attached hydrogen (secondary N) is 1. The van der Waals surface area contributed by atoms with Crippen LogP contribution in [0.3, 0.4) is 0 Å². The van der Waals surface area contributed by atoms with Crippen molar-refractivity contribution in [2.24, 2.45) is 11.1 Å². The molecule has 1 aromatic carbocycles. The van der Waals surface area contributed by atoms with Gasteiger partial charge in [-0.2, -0.15) is 0 Å². The van der Waals surface area contributed by atoms with Gasteiger partial charge in [0.25, 0.3) is 0 Å². The lowest BCUT2D eigenvalue weighted by Crippen LogP contribution is -2.24. The topological polar surface area (TPSA) is 55.1 Å². The highest BCUT2D eigenvalue weighted by molar-refractivity contribution is 5.97. The van der Waals surface area contributed by atoms with Gasteiger partial charge in [-0.25, -0.2) is 0 Å². The van der Waals surface area contributed by atoms with E-state index in [1.165, 1.54) is 0 Å². The zero-order valence-electron chi connectivity index (χ0n) is 11.6. The third-order valence-corrected chi connectivity index (χ3v) is 3.76. The monoisotopic (exact) mass is 282 g/mol. The van der Waals surface area contributed by atoms with Gasteiger partial charge in [-0.3, -0.25) is 4.79 Å². The molecule has 3 nitrogen and oxygen atoms in total. The summed E-state index contributed by atoms with van der Waals surface area (Å²) in [5.74, 6) is 0.179. The molecule has 0 bridgehead atoms. The van der Waals surface area contributed by atoms with Gasteiger partial charge < -0.3 is 11.1 Å². The van der Waals surface area contributed by atoms with Gasteiger partial charge in [-0.15, -0.1) is 12.4 Å². The molecule has 2 rings (SSSR count). The summed E-state index contributed by atoms with van der Waals surface area (Å²) in [6.07, 6.45) is 4.13. The van der Waals surface area contributed by atoms with Gasteiger partial charge in [0.2, 0.25) is 5.91 Å². The van der Waals surface area contributed by atoms with Crippen LogP contribution in [-0.4, -0.2) is 5.91 Å². The van der Waals surface area contributed by atoms with E-state index in [2.05, 4.69) is 12.2 Å². The lowest BCUT2D eigenvalue weighted by molar-refractivity contribution is -0.121. The molecule has 1 aliphatic carbocycles. The minimum atomic E-state index is -0.0748. The number of nitrogens with two attached hydrogens (primary N) is 1. The number of hydrogen-bond acceptors (Lipinski definition) is 2. The van der Waals surface area contributed by atoms with Crippen LogP contribution in [0.1, 0.15) is 51.1 Å². The van der Waals surface area contributed by atoms with Crippen molar-refractivity contribution in [2.45, 2.75) is 45.6 Å². The Morgan fingerprint density at radius 1 is 1.37 bits per heavy atom. The molecule has 1 saturated carbocycles. The maximum atomic E-state index is 12.2. The summed E-state index contributed by atoms with van der Waals surface area (Å²) < 4.78 is 0. The molecule has 1 aliphatic rings. The molecule has 3 N–H and O–H groups in total. The van der Waals surface area contributed by atoms with Gasteiger partial charge in [0.1, 0.15) is 0 Å². The Labute approximate surface area is 121 Å². The summed E-state index contributed by atoms with van der Waals surface area (Å²) in [5.41, 5.74) is 7.67. The molecule has 1 unspecified atom stereocenters. The molecule has 1 fully saturated rings. The first-order valence-corrected chi connectivity index (χ1v) is 6.74. The maximum absolute atomic E-state index is 12.2. The van der Waals surface area contributed by atoms with E-state index in [0.29, 0.717) is 0 Å². The number of benzene rings is 1. The van der Waals surface area contributed by atoms with Gasteiger partial charge in [0, 0.05) is 17.1 Å². The minimum absolute atomic E-state index is 0. The zero-order valence-corrected chi connectivity index (χ0v) is 12.4. The molecular formula is C15H23ClN2O. The minimum Gasteiger partial charge on any atom is -0.326 e. The largest absolute Gasteiger partial charge is 0.326 e. The molecule has 0 radical (unpaired) electrons. The highest BCUT2D eigenvalue weighted by atomic mass is 35.5. The first kappa shape index (κ1) is 16.0. The summed E-state index contributed by atoms with van der Waals surface area (Å²) in [4.78, 5) is 12.2. The zero-order chi connectivity index (χ0) is 13.2. The summed E-state index contributed by atoms with van der Waals surface area (Å²) in [6, 6.07) is 7.83. The van der Waals surface area contributed by atoms with Gasteiger partial charge in [-0.05, 0) is 43.9 Å². The van der Waals surface area contributed by atoms with E-state index in [0.717, 1.165) is 36.9 Å². The van der Waals surface area contributed by atoms with Crippen LogP contribution in [0, 0.1) is 5.41 Å². The van der Waals surface area contributed by atoms with Crippen molar-refractivity contribution in [1.29, 1.82) is 0 Å². The maximum Gasteiger partial charge on any atom is 0.230 e. The van der Waals surface area contributed by atoms with Crippen molar-refractivity contribution in [2.75, 3.05) is 5.32 Å². The Morgan fingerprint density at radius 3 is 2.37 bits per heavy atom. The van der Waals surface area contributed by atoms with Gasteiger partial charge in [0.15, 0.2) is 0 Å². The highest BCUT2D eigenvalue weighted by Gasteiger charge is 2.48.